The van der Waals surface area contributed by atoms with Crippen LogP contribution in [0.5, 0.6) is 0 Å². The number of nitrogens with zero attached hydrogens (tertiary/aromatic N) is 1. The van der Waals surface area contributed by atoms with Crippen molar-refractivity contribution in [2.75, 3.05) is 31.9 Å². The molecule has 5 heteroatoms. The van der Waals surface area contributed by atoms with Gasteiger partial charge in [-0.05, 0) is 44.2 Å². The topological polar surface area (TPSA) is 49.4 Å². The van der Waals surface area contributed by atoms with Crippen molar-refractivity contribution in [1.82, 2.24) is 9.62 Å². The zero-order valence-corrected chi connectivity index (χ0v) is 12.8. The lowest BCUT2D eigenvalue weighted by molar-refractivity contribution is 0.222. The Kier molecular flexibility index (Phi) is 6.60. The van der Waals surface area contributed by atoms with Gasteiger partial charge in [0, 0.05) is 13.1 Å². The molecule has 1 saturated heterocycles. The average molecular weight is 276 g/mol. The van der Waals surface area contributed by atoms with Crippen molar-refractivity contribution in [3.05, 3.63) is 0 Å². The van der Waals surface area contributed by atoms with E-state index in [4.69, 9.17) is 0 Å². The molecule has 1 heterocycles. The lowest BCUT2D eigenvalue weighted by Gasteiger charge is -2.34. The van der Waals surface area contributed by atoms with Gasteiger partial charge in [-0.3, -0.25) is 0 Å². The predicted molar refractivity (Wildman–Crippen MR) is 76.1 cm³/mol. The largest absolute Gasteiger partial charge is 0.317 e. The highest BCUT2D eigenvalue weighted by Crippen LogP contribution is 2.23. The molecule has 0 spiro atoms. The van der Waals surface area contributed by atoms with E-state index in [0.29, 0.717) is 31.3 Å². The van der Waals surface area contributed by atoms with Crippen molar-refractivity contribution < 1.29 is 8.42 Å². The quantitative estimate of drug-likeness (QED) is 0.720. The molecule has 1 N–H and O–H groups in total. The fourth-order valence-electron chi connectivity index (χ4n) is 2.64. The van der Waals surface area contributed by atoms with E-state index in [9.17, 15) is 8.42 Å². The third-order valence-corrected chi connectivity index (χ3v) is 5.30. The molecule has 108 valence electrons. The molecule has 0 saturated carbocycles. The van der Waals surface area contributed by atoms with Gasteiger partial charge in [-0.15, -0.1) is 0 Å². The maximum atomic E-state index is 12.2. The van der Waals surface area contributed by atoms with Crippen molar-refractivity contribution in [1.29, 1.82) is 0 Å². The van der Waals surface area contributed by atoms with Crippen LogP contribution >= 0.6 is 0 Å². The minimum absolute atomic E-state index is 0.281. The van der Waals surface area contributed by atoms with Crippen LogP contribution in [0.15, 0.2) is 0 Å². The first kappa shape index (κ1) is 15.9. The summed E-state index contributed by atoms with van der Waals surface area (Å²) < 4.78 is 26.1. The van der Waals surface area contributed by atoms with E-state index < -0.39 is 10.0 Å². The van der Waals surface area contributed by atoms with Crippen molar-refractivity contribution in [2.24, 2.45) is 11.8 Å². The summed E-state index contributed by atoms with van der Waals surface area (Å²) in [5.74, 6) is 1.26. The van der Waals surface area contributed by atoms with E-state index in [1.165, 1.54) is 0 Å². The van der Waals surface area contributed by atoms with Crippen LogP contribution in [-0.2, 0) is 10.0 Å². The molecule has 1 aliphatic heterocycles. The smallest absolute Gasteiger partial charge is 0.214 e. The van der Waals surface area contributed by atoms with Crippen LogP contribution in [0.4, 0.5) is 0 Å². The molecule has 0 radical (unpaired) electrons. The average Bonchev–Trinajstić information content (AvgIpc) is 2.27. The Bertz CT molecular complexity index is 320. The summed E-state index contributed by atoms with van der Waals surface area (Å²) in [6.07, 6.45) is 2.94. The van der Waals surface area contributed by atoms with Crippen LogP contribution < -0.4 is 5.32 Å². The summed E-state index contributed by atoms with van der Waals surface area (Å²) in [7, 11) is -3.04. The van der Waals surface area contributed by atoms with Crippen LogP contribution in [0.1, 0.15) is 40.0 Å². The highest BCUT2D eigenvalue weighted by Gasteiger charge is 2.29. The van der Waals surface area contributed by atoms with E-state index in [-0.39, 0.29) is 5.75 Å². The van der Waals surface area contributed by atoms with Crippen LogP contribution in [0.3, 0.4) is 0 Å². The monoisotopic (exact) mass is 276 g/mol. The maximum absolute atomic E-state index is 12.2. The standard InChI is InChI=1S/C13H28N2O2S/c1-4-6-14-7-5-8-18(16,17)15-10-12(2)9-13(3)11-15/h12-14H,4-11H2,1-3H3. The van der Waals surface area contributed by atoms with Crippen LogP contribution in [0.2, 0.25) is 0 Å². The van der Waals surface area contributed by atoms with E-state index in [1.807, 2.05) is 0 Å². The Morgan fingerprint density at radius 3 is 2.33 bits per heavy atom. The van der Waals surface area contributed by atoms with Gasteiger partial charge in [0.1, 0.15) is 0 Å². The fraction of sp³-hybridized carbons (Fsp3) is 1.00. The van der Waals surface area contributed by atoms with Gasteiger partial charge in [0.15, 0.2) is 0 Å². The Balaban J connectivity index is 2.38. The summed E-state index contributed by atoms with van der Waals surface area (Å²) in [5.41, 5.74) is 0. The Hall–Kier alpha value is -0.130. The zero-order chi connectivity index (χ0) is 13.6. The van der Waals surface area contributed by atoms with E-state index >= 15 is 0 Å². The first-order valence-electron chi connectivity index (χ1n) is 7.14. The lowest BCUT2D eigenvalue weighted by Crippen LogP contribution is -2.43. The molecule has 0 amide bonds. The molecule has 0 aliphatic carbocycles. The highest BCUT2D eigenvalue weighted by molar-refractivity contribution is 7.89. The SMILES string of the molecule is CCCNCCCS(=O)(=O)N1CC(C)CC(C)C1. The summed E-state index contributed by atoms with van der Waals surface area (Å²) >= 11 is 0. The summed E-state index contributed by atoms with van der Waals surface area (Å²) in [5, 5.41) is 3.25. The summed E-state index contributed by atoms with van der Waals surface area (Å²) in [4.78, 5) is 0. The number of hydrogen-bond donors (Lipinski definition) is 1. The van der Waals surface area contributed by atoms with Gasteiger partial charge in [-0.1, -0.05) is 20.8 Å². The normalized spacial score (nSPS) is 26.4. The van der Waals surface area contributed by atoms with Crippen molar-refractivity contribution in [3.63, 3.8) is 0 Å². The molecule has 2 unspecified atom stereocenters. The highest BCUT2D eigenvalue weighted by atomic mass is 32.2. The van der Waals surface area contributed by atoms with E-state index in [0.717, 1.165) is 25.9 Å². The minimum Gasteiger partial charge on any atom is -0.317 e. The number of sulfonamides is 1. The summed E-state index contributed by atoms with van der Waals surface area (Å²) in [6.45, 7) is 9.57. The van der Waals surface area contributed by atoms with E-state index in [1.54, 1.807) is 4.31 Å². The molecule has 0 bridgehead atoms. The molecule has 1 aliphatic rings. The van der Waals surface area contributed by atoms with Crippen molar-refractivity contribution in [2.45, 2.75) is 40.0 Å². The lowest BCUT2D eigenvalue weighted by atomic mass is 9.94. The molecule has 0 aromatic rings. The molecule has 0 aromatic heterocycles. The number of nitrogens with one attached hydrogen (secondary N) is 1. The van der Waals surface area contributed by atoms with Gasteiger partial charge >= 0.3 is 0 Å². The first-order valence-corrected chi connectivity index (χ1v) is 8.75. The van der Waals surface area contributed by atoms with Gasteiger partial charge in [0.05, 0.1) is 5.75 Å². The Morgan fingerprint density at radius 2 is 1.78 bits per heavy atom. The van der Waals surface area contributed by atoms with Gasteiger partial charge in [0.25, 0.3) is 0 Å². The number of hydrogen-bond acceptors (Lipinski definition) is 3. The van der Waals surface area contributed by atoms with Gasteiger partial charge < -0.3 is 5.32 Å². The zero-order valence-electron chi connectivity index (χ0n) is 12.0. The second-order valence-corrected chi connectivity index (χ2v) is 7.77. The molecule has 0 aromatic carbocycles. The molecular formula is C13H28N2O2S. The second kappa shape index (κ2) is 7.46. The van der Waals surface area contributed by atoms with Crippen LogP contribution in [0.25, 0.3) is 0 Å². The van der Waals surface area contributed by atoms with Gasteiger partial charge in [0.2, 0.25) is 10.0 Å². The number of rotatable bonds is 7. The molecule has 18 heavy (non-hydrogen) atoms. The molecule has 1 fully saturated rings. The third kappa shape index (κ3) is 5.24. The van der Waals surface area contributed by atoms with Gasteiger partial charge in [-0.2, -0.15) is 0 Å². The number of piperidine rings is 1. The molecule has 2 atom stereocenters. The molecule has 4 nitrogen and oxygen atoms in total. The molecular weight excluding hydrogens is 248 g/mol. The van der Waals surface area contributed by atoms with Crippen LogP contribution in [0, 0.1) is 11.8 Å². The van der Waals surface area contributed by atoms with Gasteiger partial charge in [-0.25, -0.2) is 12.7 Å². The fourth-order valence-corrected chi connectivity index (χ4v) is 4.37. The van der Waals surface area contributed by atoms with Crippen LogP contribution in [-0.4, -0.2) is 44.7 Å². The minimum atomic E-state index is -3.04. The third-order valence-electron chi connectivity index (χ3n) is 3.41. The second-order valence-electron chi connectivity index (χ2n) is 5.68. The van der Waals surface area contributed by atoms with E-state index in [2.05, 4.69) is 26.1 Å². The summed E-state index contributed by atoms with van der Waals surface area (Å²) in [6, 6.07) is 0. The first-order chi connectivity index (χ1) is 8.45. The molecule has 1 rings (SSSR count). The van der Waals surface area contributed by atoms with Crippen molar-refractivity contribution >= 4 is 10.0 Å². The Labute approximate surface area is 112 Å². The van der Waals surface area contributed by atoms with Crippen molar-refractivity contribution in [3.8, 4) is 0 Å². The maximum Gasteiger partial charge on any atom is 0.214 e. The Morgan fingerprint density at radius 1 is 1.17 bits per heavy atom. The predicted octanol–water partition coefficient (Wildman–Crippen LogP) is 1.68.